The van der Waals surface area contributed by atoms with Gasteiger partial charge in [0.2, 0.25) is 0 Å². The van der Waals surface area contributed by atoms with Gasteiger partial charge in [-0.25, -0.2) is 8.78 Å². The highest BCUT2D eigenvalue weighted by Crippen LogP contribution is 2.39. The fourth-order valence-electron chi connectivity index (χ4n) is 1.47. The second-order valence-corrected chi connectivity index (χ2v) is 4.80. The van der Waals surface area contributed by atoms with E-state index in [1.165, 1.54) is 19.1 Å². The summed E-state index contributed by atoms with van der Waals surface area (Å²) in [6.07, 6.45) is -4.47. The van der Waals surface area contributed by atoms with Gasteiger partial charge < -0.3 is 0 Å². The first-order valence-electron chi connectivity index (χ1n) is 4.92. The molecule has 2 aromatic rings. The van der Waals surface area contributed by atoms with Gasteiger partial charge in [-0.2, -0.15) is 13.2 Å². The fourth-order valence-corrected chi connectivity index (χ4v) is 2.36. The standard InChI is InChI=1S/C12H7F5S/c1-6-2-3-7(11(14)10(6)13)8-4-5-9(18-8)12(15,16)17/h2-5H,1H3. The van der Waals surface area contributed by atoms with E-state index in [9.17, 15) is 22.0 Å². The maximum absolute atomic E-state index is 13.6. The number of alkyl halides is 3. The lowest BCUT2D eigenvalue weighted by Crippen LogP contribution is -2.00. The van der Waals surface area contributed by atoms with Crippen LogP contribution >= 0.6 is 11.3 Å². The third-order valence-electron chi connectivity index (χ3n) is 2.43. The van der Waals surface area contributed by atoms with Gasteiger partial charge >= 0.3 is 6.18 Å². The number of hydrogen-bond acceptors (Lipinski definition) is 1. The molecule has 18 heavy (non-hydrogen) atoms. The number of aryl methyl sites for hydroxylation is 1. The van der Waals surface area contributed by atoms with Crippen LogP contribution in [0.2, 0.25) is 0 Å². The van der Waals surface area contributed by atoms with Crippen molar-refractivity contribution < 1.29 is 22.0 Å². The van der Waals surface area contributed by atoms with Gasteiger partial charge in [0.1, 0.15) is 4.88 Å². The second-order valence-electron chi connectivity index (χ2n) is 3.72. The molecule has 0 aliphatic rings. The topological polar surface area (TPSA) is 0 Å². The van der Waals surface area contributed by atoms with Crippen molar-refractivity contribution in [1.82, 2.24) is 0 Å². The summed E-state index contributed by atoms with van der Waals surface area (Å²) in [6, 6.07) is 4.61. The van der Waals surface area contributed by atoms with Crippen molar-refractivity contribution in [3.8, 4) is 10.4 Å². The van der Waals surface area contributed by atoms with Crippen molar-refractivity contribution in [3.63, 3.8) is 0 Å². The summed E-state index contributed by atoms with van der Waals surface area (Å²) in [5.41, 5.74) is -0.0394. The molecule has 1 aromatic carbocycles. The molecule has 0 amide bonds. The van der Waals surface area contributed by atoms with Crippen LogP contribution in [0, 0.1) is 18.6 Å². The summed E-state index contributed by atoms with van der Waals surface area (Å²) in [5, 5.41) is 0. The van der Waals surface area contributed by atoms with Crippen molar-refractivity contribution in [1.29, 1.82) is 0 Å². The molecule has 0 aliphatic carbocycles. The molecule has 0 aliphatic heterocycles. The summed E-state index contributed by atoms with van der Waals surface area (Å²) in [7, 11) is 0. The molecular formula is C12H7F5S. The van der Waals surface area contributed by atoms with Gasteiger partial charge in [-0.05, 0) is 24.6 Å². The molecule has 96 valence electrons. The van der Waals surface area contributed by atoms with E-state index in [0.717, 1.165) is 12.1 Å². The Kier molecular flexibility index (Phi) is 3.14. The monoisotopic (exact) mass is 278 g/mol. The molecular weight excluding hydrogens is 271 g/mol. The molecule has 1 aromatic heterocycles. The van der Waals surface area contributed by atoms with Gasteiger partial charge in [-0.3, -0.25) is 0 Å². The molecule has 0 saturated carbocycles. The highest BCUT2D eigenvalue weighted by Gasteiger charge is 2.32. The lowest BCUT2D eigenvalue weighted by atomic mass is 10.1. The molecule has 2 rings (SSSR count). The van der Waals surface area contributed by atoms with Gasteiger partial charge in [-0.15, -0.1) is 11.3 Å². The Labute approximate surface area is 104 Å². The van der Waals surface area contributed by atoms with Crippen LogP contribution in [0.25, 0.3) is 10.4 Å². The van der Waals surface area contributed by atoms with Gasteiger partial charge in [0.15, 0.2) is 11.6 Å². The van der Waals surface area contributed by atoms with Crippen LogP contribution in [0.5, 0.6) is 0 Å². The lowest BCUT2D eigenvalue weighted by Gasteiger charge is -2.04. The first-order valence-corrected chi connectivity index (χ1v) is 5.74. The van der Waals surface area contributed by atoms with E-state index in [1.54, 1.807) is 0 Å². The Hall–Kier alpha value is -1.43. The maximum Gasteiger partial charge on any atom is 0.425 e. The number of benzene rings is 1. The third-order valence-corrected chi connectivity index (χ3v) is 3.59. The number of thiophene rings is 1. The quantitative estimate of drug-likeness (QED) is 0.642. The molecule has 0 N–H and O–H groups in total. The van der Waals surface area contributed by atoms with Crippen LogP contribution in [0.3, 0.4) is 0 Å². The van der Waals surface area contributed by atoms with Gasteiger partial charge in [-0.1, -0.05) is 12.1 Å². The summed E-state index contributed by atoms with van der Waals surface area (Å²) >= 11 is 0.390. The van der Waals surface area contributed by atoms with Crippen molar-refractivity contribution in [3.05, 3.63) is 46.3 Å². The highest BCUT2D eigenvalue weighted by atomic mass is 32.1. The molecule has 0 atom stereocenters. The van der Waals surface area contributed by atoms with Crippen molar-refractivity contribution >= 4 is 11.3 Å². The Morgan fingerprint density at radius 1 is 0.944 bits per heavy atom. The normalized spacial score (nSPS) is 11.9. The van der Waals surface area contributed by atoms with E-state index in [2.05, 4.69) is 0 Å². The van der Waals surface area contributed by atoms with Gasteiger partial charge in [0.05, 0.1) is 0 Å². The first kappa shape index (κ1) is 13.0. The van der Waals surface area contributed by atoms with Crippen LogP contribution in [0.4, 0.5) is 22.0 Å². The van der Waals surface area contributed by atoms with E-state index in [-0.39, 0.29) is 16.0 Å². The van der Waals surface area contributed by atoms with Crippen molar-refractivity contribution in [2.24, 2.45) is 0 Å². The van der Waals surface area contributed by atoms with Crippen molar-refractivity contribution in [2.75, 3.05) is 0 Å². The van der Waals surface area contributed by atoms with Crippen LogP contribution in [0.1, 0.15) is 10.4 Å². The molecule has 0 fully saturated rings. The summed E-state index contributed by atoms with van der Waals surface area (Å²) in [4.78, 5) is -0.781. The maximum atomic E-state index is 13.6. The van der Waals surface area contributed by atoms with Gasteiger partial charge in [0, 0.05) is 10.4 Å². The molecule has 0 unspecified atom stereocenters. The molecule has 0 bridgehead atoms. The Morgan fingerprint density at radius 2 is 1.61 bits per heavy atom. The zero-order valence-corrected chi connectivity index (χ0v) is 9.92. The highest BCUT2D eigenvalue weighted by molar-refractivity contribution is 7.15. The van der Waals surface area contributed by atoms with E-state index in [1.807, 2.05) is 0 Å². The molecule has 0 nitrogen and oxygen atoms in total. The average Bonchev–Trinajstić information content (AvgIpc) is 2.75. The second kappa shape index (κ2) is 4.35. The Morgan fingerprint density at radius 3 is 2.17 bits per heavy atom. The van der Waals surface area contributed by atoms with E-state index >= 15 is 0 Å². The van der Waals surface area contributed by atoms with E-state index < -0.39 is 22.7 Å². The van der Waals surface area contributed by atoms with Crippen LogP contribution in [-0.2, 0) is 6.18 Å². The minimum absolute atomic E-state index is 0.0544. The molecule has 6 heteroatoms. The van der Waals surface area contributed by atoms with E-state index in [0.29, 0.717) is 11.3 Å². The third kappa shape index (κ3) is 2.25. The predicted octanol–water partition coefficient (Wildman–Crippen LogP) is 5.02. The molecule has 0 radical (unpaired) electrons. The Balaban J connectivity index is 2.50. The number of rotatable bonds is 1. The zero-order chi connectivity index (χ0) is 13.5. The smallest absolute Gasteiger partial charge is 0.203 e. The number of halogens is 5. The molecule has 1 heterocycles. The van der Waals surface area contributed by atoms with Crippen LogP contribution in [0.15, 0.2) is 24.3 Å². The van der Waals surface area contributed by atoms with Gasteiger partial charge in [0.25, 0.3) is 0 Å². The molecule has 0 saturated heterocycles. The fraction of sp³-hybridized carbons (Fsp3) is 0.167. The largest absolute Gasteiger partial charge is 0.425 e. The minimum atomic E-state index is -4.47. The summed E-state index contributed by atoms with van der Waals surface area (Å²) in [5.74, 6) is -2.15. The molecule has 0 spiro atoms. The average molecular weight is 278 g/mol. The lowest BCUT2D eigenvalue weighted by molar-refractivity contribution is -0.134. The van der Waals surface area contributed by atoms with Crippen LogP contribution in [-0.4, -0.2) is 0 Å². The Bertz CT molecular complexity index is 583. The summed E-state index contributed by atoms with van der Waals surface area (Å²) in [6.45, 7) is 1.39. The van der Waals surface area contributed by atoms with Crippen molar-refractivity contribution in [2.45, 2.75) is 13.1 Å². The zero-order valence-electron chi connectivity index (χ0n) is 9.11. The first-order chi connectivity index (χ1) is 8.30. The minimum Gasteiger partial charge on any atom is -0.203 e. The van der Waals surface area contributed by atoms with E-state index in [4.69, 9.17) is 0 Å². The number of hydrogen-bond donors (Lipinski definition) is 0. The van der Waals surface area contributed by atoms with Crippen LogP contribution < -0.4 is 0 Å². The predicted molar refractivity (Wildman–Crippen MR) is 59.4 cm³/mol. The summed E-state index contributed by atoms with van der Waals surface area (Å²) < 4.78 is 64.1. The SMILES string of the molecule is Cc1ccc(-c2ccc(C(F)(F)F)s2)c(F)c1F.